The zero-order valence-corrected chi connectivity index (χ0v) is 11.0. The van der Waals surface area contributed by atoms with Gasteiger partial charge in [-0.3, -0.25) is 0 Å². The van der Waals surface area contributed by atoms with E-state index in [1.54, 1.807) is 6.07 Å². The number of aryl methyl sites for hydroxylation is 1. The predicted molar refractivity (Wildman–Crippen MR) is 67.7 cm³/mol. The molecular formula is C11H13ClN2O2S. The standard InChI is InChI=1S/C11H13ClN2O2S/c1-2-3-4-11-13-9-6-5-8(17(12,15)16)7-10(9)14-11/h5-7H,2-4H2,1H3,(H,13,14). The number of unbranched alkanes of at least 4 members (excludes halogenated alkanes) is 1. The fraction of sp³-hybridized carbons (Fsp3) is 0.364. The average Bonchev–Trinajstić information content (AvgIpc) is 2.66. The highest BCUT2D eigenvalue weighted by molar-refractivity contribution is 8.13. The number of fused-ring (bicyclic) bond motifs is 1. The Morgan fingerprint density at radius 2 is 2.18 bits per heavy atom. The first-order valence-electron chi connectivity index (χ1n) is 5.44. The minimum Gasteiger partial charge on any atom is -0.342 e. The number of nitrogens with one attached hydrogen (secondary N) is 1. The van der Waals surface area contributed by atoms with E-state index < -0.39 is 9.05 Å². The molecule has 0 aliphatic carbocycles. The molecule has 0 saturated heterocycles. The molecule has 0 radical (unpaired) electrons. The number of H-pyrrole nitrogens is 1. The molecule has 6 heteroatoms. The van der Waals surface area contributed by atoms with Gasteiger partial charge < -0.3 is 4.98 Å². The molecule has 0 saturated carbocycles. The Hall–Kier alpha value is -1.07. The Labute approximate surface area is 104 Å². The van der Waals surface area contributed by atoms with Crippen molar-refractivity contribution in [3.05, 3.63) is 24.0 Å². The van der Waals surface area contributed by atoms with Gasteiger partial charge in [0.15, 0.2) is 0 Å². The SMILES string of the molecule is CCCCc1nc2ccc(S(=O)(=O)Cl)cc2[nH]1. The zero-order valence-electron chi connectivity index (χ0n) is 9.40. The largest absolute Gasteiger partial charge is 0.342 e. The third-order valence-electron chi connectivity index (χ3n) is 2.55. The Morgan fingerprint density at radius 1 is 1.41 bits per heavy atom. The summed E-state index contributed by atoms with van der Waals surface area (Å²) in [6, 6.07) is 4.64. The quantitative estimate of drug-likeness (QED) is 0.871. The highest BCUT2D eigenvalue weighted by Gasteiger charge is 2.11. The third kappa shape index (κ3) is 2.79. The maximum Gasteiger partial charge on any atom is 0.261 e. The summed E-state index contributed by atoms with van der Waals surface area (Å²) >= 11 is 0. The first kappa shape index (κ1) is 12.4. The molecule has 0 unspecified atom stereocenters. The van der Waals surface area contributed by atoms with Crippen molar-refractivity contribution < 1.29 is 8.42 Å². The number of nitrogens with zero attached hydrogens (tertiary/aromatic N) is 1. The van der Waals surface area contributed by atoms with Crippen molar-refractivity contribution in [1.82, 2.24) is 9.97 Å². The van der Waals surface area contributed by atoms with E-state index in [-0.39, 0.29) is 4.90 Å². The second-order valence-electron chi connectivity index (χ2n) is 3.90. The van der Waals surface area contributed by atoms with Crippen molar-refractivity contribution in [2.24, 2.45) is 0 Å². The molecule has 0 spiro atoms. The van der Waals surface area contributed by atoms with Gasteiger partial charge in [-0.1, -0.05) is 13.3 Å². The summed E-state index contributed by atoms with van der Waals surface area (Å²) < 4.78 is 22.4. The minimum absolute atomic E-state index is 0.0948. The van der Waals surface area contributed by atoms with Gasteiger partial charge in [-0.2, -0.15) is 0 Å². The molecule has 4 nitrogen and oxygen atoms in total. The van der Waals surface area contributed by atoms with E-state index in [9.17, 15) is 8.42 Å². The Kier molecular flexibility index (Phi) is 3.40. The molecule has 0 fully saturated rings. The molecule has 1 heterocycles. The first-order chi connectivity index (χ1) is 8.00. The van der Waals surface area contributed by atoms with Crippen LogP contribution < -0.4 is 0 Å². The van der Waals surface area contributed by atoms with E-state index in [0.29, 0.717) is 5.52 Å². The Bertz CT molecular complexity index is 634. The van der Waals surface area contributed by atoms with E-state index in [2.05, 4.69) is 16.9 Å². The van der Waals surface area contributed by atoms with Gasteiger partial charge in [0.2, 0.25) is 0 Å². The molecule has 1 aromatic heterocycles. The van der Waals surface area contributed by atoms with Gasteiger partial charge in [-0.15, -0.1) is 0 Å². The summed E-state index contributed by atoms with van der Waals surface area (Å²) in [6.45, 7) is 2.11. The highest BCUT2D eigenvalue weighted by Crippen LogP contribution is 2.20. The van der Waals surface area contributed by atoms with Crippen molar-refractivity contribution in [3.63, 3.8) is 0 Å². The molecule has 1 aromatic carbocycles. The van der Waals surface area contributed by atoms with Gasteiger partial charge in [0.25, 0.3) is 9.05 Å². The number of hydrogen-bond donors (Lipinski definition) is 1. The van der Waals surface area contributed by atoms with Crippen LogP contribution in [0, 0.1) is 0 Å². The van der Waals surface area contributed by atoms with Crippen LogP contribution in [0.4, 0.5) is 0 Å². The lowest BCUT2D eigenvalue weighted by molar-refractivity contribution is 0.609. The number of halogens is 1. The Balaban J connectivity index is 2.41. The summed E-state index contributed by atoms with van der Waals surface area (Å²) in [4.78, 5) is 7.58. The molecule has 17 heavy (non-hydrogen) atoms. The lowest BCUT2D eigenvalue weighted by Gasteiger charge is -1.94. The Morgan fingerprint density at radius 3 is 2.82 bits per heavy atom. The van der Waals surface area contributed by atoms with E-state index in [4.69, 9.17) is 10.7 Å². The van der Waals surface area contributed by atoms with Crippen LogP contribution in [0.1, 0.15) is 25.6 Å². The zero-order chi connectivity index (χ0) is 12.5. The van der Waals surface area contributed by atoms with Crippen molar-refractivity contribution in [2.75, 3.05) is 0 Å². The lowest BCUT2D eigenvalue weighted by Crippen LogP contribution is -1.89. The topological polar surface area (TPSA) is 62.8 Å². The van der Waals surface area contributed by atoms with E-state index >= 15 is 0 Å². The smallest absolute Gasteiger partial charge is 0.261 e. The molecule has 1 N–H and O–H groups in total. The number of hydrogen-bond acceptors (Lipinski definition) is 3. The summed E-state index contributed by atoms with van der Waals surface area (Å²) in [5.41, 5.74) is 1.47. The minimum atomic E-state index is -3.68. The second kappa shape index (κ2) is 4.66. The summed E-state index contributed by atoms with van der Waals surface area (Å²) in [5.74, 6) is 0.881. The number of imidazole rings is 1. The molecule has 0 amide bonds. The molecule has 2 aromatic rings. The van der Waals surface area contributed by atoms with Crippen molar-refractivity contribution in [1.29, 1.82) is 0 Å². The lowest BCUT2D eigenvalue weighted by atomic mass is 10.2. The fourth-order valence-corrected chi connectivity index (χ4v) is 2.43. The highest BCUT2D eigenvalue weighted by atomic mass is 35.7. The third-order valence-corrected chi connectivity index (χ3v) is 3.90. The molecule has 0 aliphatic rings. The summed E-state index contributed by atoms with van der Waals surface area (Å²) in [7, 11) is 1.61. The molecule has 0 bridgehead atoms. The van der Waals surface area contributed by atoms with Crippen LogP contribution in [-0.4, -0.2) is 18.4 Å². The average molecular weight is 273 g/mol. The number of aromatic nitrogens is 2. The van der Waals surface area contributed by atoms with Crippen LogP contribution in [0.2, 0.25) is 0 Å². The van der Waals surface area contributed by atoms with Crippen LogP contribution >= 0.6 is 10.7 Å². The van der Waals surface area contributed by atoms with Crippen LogP contribution in [-0.2, 0) is 15.5 Å². The van der Waals surface area contributed by atoms with Crippen LogP contribution in [0.25, 0.3) is 11.0 Å². The molecule has 2 rings (SSSR count). The van der Waals surface area contributed by atoms with Gasteiger partial charge in [0.05, 0.1) is 15.9 Å². The summed E-state index contributed by atoms with van der Waals surface area (Å²) in [5, 5.41) is 0. The normalized spacial score (nSPS) is 12.1. The van der Waals surface area contributed by atoms with Crippen LogP contribution in [0.5, 0.6) is 0 Å². The number of rotatable bonds is 4. The summed E-state index contributed by atoms with van der Waals surface area (Å²) in [6.07, 6.45) is 3.02. The van der Waals surface area contributed by atoms with Gasteiger partial charge >= 0.3 is 0 Å². The van der Waals surface area contributed by atoms with Gasteiger partial charge in [-0.25, -0.2) is 13.4 Å². The maximum atomic E-state index is 11.2. The number of benzene rings is 1. The van der Waals surface area contributed by atoms with E-state index in [1.807, 2.05) is 0 Å². The van der Waals surface area contributed by atoms with Crippen LogP contribution in [0.15, 0.2) is 23.1 Å². The van der Waals surface area contributed by atoms with Gasteiger partial charge in [-0.05, 0) is 24.6 Å². The number of aromatic amines is 1. The molecular weight excluding hydrogens is 260 g/mol. The van der Waals surface area contributed by atoms with Crippen LogP contribution in [0.3, 0.4) is 0 Å². The van der Waals surface area contributed by atoms with E-state index in [1.165, 1.54) is 12.1 Å². The predicted octanol–water partition coefficient (Wildman–Crippen LogP) is 2.83. The van der Waals surface area contributed by atoms with Gasteiger partial charge in [0, 0.05) is 17.1 Å². The monoisotopic (exact) mass is 272 g/mol. The second-order valence-corrected chi connectivity index (χ2v) is 6.47. The molecule has 92 valence electrons. The van der Waals surface area contributed by atoms with E-state index in [0.717, 1.165) is 30.6 Å². The molecule has 0 aliphatic heterocycles. The first-order valence-corrected chi connectivity index (χ1v) is 7.75. The fourth-order valence-electron chi connectivity index (χ4n) is 1.66. The van der Waals surface area contributed by atoms with Crippen molar-refractivity contribution in [3.8, 4) is 0 Å². The van der Waals surface area contributed by atoms with Gasteiger partial charge in [0.1, 0.15) is 5.82 Å². The van der Waals surface area contributed by atoms with Crippen molar-refractivity contribution in [2.45, 2.75) is 31.1 Å². The molecule has 0 atom stereocenters. The van der Waals surface area contributed by atoms with Crippen molar-refractivity contribution >= 4 is 30.8 Å². The maximum absolute atomic E-state index is 11.2.